The molecule has 1 atom stereocenters. The maximum atomic E-state index is 5.79. The van der Waals surface area contributed by atoms with Gasteiger partial charge in [-0.1, -0.05) is 0 Å². The number of fused-ring (bicyclic) bond motifs is 1. The van der Waals surface area contributed by atoms with Gasteiger partial charge in [0.15, 0.2) is 0 Å². The van der Waals surface area contributed by atoms with Gasteiger partial charge in [-0.05, 0) is 31.0 Å². The summed E-state index contributed by atoms with van der Waals surface area (Å²) in [5, 5.41) is 7.86. The molecule has 0 aromatic carbocycles. The molecule has 0 bridgehead atoms. The van der Waals surface area contributed by atoms with Gasteiger partial charge in [0.2, 0.25) is 0 Å². The number of nitrogens with one attached hydrogen (secondary N) is 1. The Kier molecular flexibility index (Phi) is 3.40. The minimum Gasteiger partial charge on any atom is -0.465 e. The standard InChI is InChI=1S/C14H19N3O2/c1-10-3-4-12(19-10)7-15-8-13-14-11(5-6-18-13)9-17(2)16-14/h3-4,9,13,15H,5-8H2,1-2H3. The van der Waals surface area contributed by atoms with Crippen molar-refractivity contribution in [1.29, 1.82) is 0 Å². The lowest BCUT2D eigenvalue weighted by molar-refractivity contribution is 0.0391. The normalized spacial score (nSPS) is 18.5. The predicted octanol–water partition coefficient (Wildman–Crippen LogP) is 1.73. The molecule has 0 spiro atoms. The average molecular weight is 261 g/mol. The zero-order valence-electron chi connectivity index (χ0n) is 11.3. The van der Waals surface area contributed by atoms with Crippen molar-refractivity contribution in [2.45, 2.75) is 26.0 Å². The highest BCUT2D eigenvalue weighted by atomic mass is 16.5. The van der Waals surface area contributed by atoms with E-state index in [1.165, 1.54) is 5.56 Å². The molecule has 0 saturated carbocycles. The van der Waals surface area contributed by atoms with Crippen LogP contribution in [0.4, 0.5) is 0 Å². The average Bonchev–Trinajstić information content (AvgIpc) is 2.95. The Labute approximate surface area is 112 Å². The zero-order valence-corrected chi connectivity index (χ0v) is 11.3. The Morgan fingerprint density at radius 2 is 2.37 bits per heavy atom. The van der Waals surface area contributed by atoms with E-state index in [2.05, 4.69) is 16.6 Å². The summed E-state index contributed by atoms with van der Waals surface area (Å²) in [7, 11) is 1.95. The van der Waals surface area contributed by atoms with Gasteiger partial charge in [0.25, 0.3) is 0 Å². The number of hydrogen-bond acceptors (Lipinski definition) is 4. The van der Waals surface area contributed by atoms with E-state index in [-0.39, 0.29) is 6.10 Å². The molecule has 3 rings (SSSR count). The summed E-state index contributed by atoms with van der Waals surface area (Å²) in [6.07, 6.45) is 3.08. The quantitative estimate of drug-likeness (QED) is 0.910. The van der Waals surface area contributed by atoms with Crippen molar-refractivity contribution >= 4 is 0 Å². The van der Waals surface area contributed by atoms with E-state index in [1.54, 1.807) is 0 Å². The van der Waals surface area contributed by atoms with Gasteiger partial charge in [0, 0.05) is 19.8 Å². The lowest BCUT2D eigenvalue weighted by Gasteiger charge is -2.22. The van der Waals surface area contributed by atoms with Crippen molar-refractivity contribution in [3.63, 3.8) is 0 Å². The van der Waals surface area contributed by atoms with E-state index in [0.717, 1.165) is 43.3 Å². The summed E-state index contributed by atoms with van der Waals surface area (Å²) in [6.45, 7) is 4.19. The van der Waals surface area contributed by atoms with Crippen molar-refractivity contribution in [1.82, 2.24) is 15.1 Å². The SMILES string of the molecule is Cc1ccc(CNCC2OCCc3cn(C)nc32)o1. The van der Waals surface area contributed by atoms with Gasteiger partial charge in [0.05, 0.1) is 18.8 Å². The van der Waals surface area contributed by atoms with Gasteiger partial charge >= 0.3 is 0 Å². The highest BCUT2D eigenvalue weighted by Gasteiger charge is 2.23. The molecule has 0 saturated heterocycles. The third kappa shape index (κ3) is 2.72. The molecular formula is C14H19N3O2. The van der Waals surface area contributed by atoms with Crippen LogP contribution in [0.5, 0.6) is 0 Å². The number of furan rings is 1. The minimum atomic E-state index is 0.0426. The first-order valence-electron chi connectivity index (χ1n) is 6.62. The monoisotopic (exact) mass is 261 g/mol. The Hall–Kier alpha value is -1.59. The van der Waals surface area contributed by atoms with Crippen LogP contribution >= 0.6 is 0 Å². The molecule has 0 radical (unpaired) electrons. The number of aryl methyl sites for hydroxylation is 2. The van der Waals surface area contributed by atoms with Crippen LogP contribution in [0.1, 0.15) is 28.9 Å². The molecule has 2 aromatic heterocycles. The largest absolute Gasteiger partial charge is 0.465 e. The molecule has 1 N–H and O–H groups in total. The van der Waals surface area contributed by atoms with E-state index < -0.39 is 0 Å². The van der Waals surface area contributed by atoms with E-state index >= 15 is 0 Å². The van der Waals surface area contributed by atoms with Crippen LogP contribution in [0.2, 0.25) is 0 Å². The second kappa shape index (κ2) is 5.19. The molecule has 5 nitrogen and oxygen atoms in total. The number of hydrogen-bond donors (Lipinski definition) is 1. The molecule has 3 heterocycles. The van der Waals surface area contributed by atoms with Crippen LogP contribution in [-0.2, 0) is 24.8 Å². The van der Waals surface area contributed by atoms with Gasteiger partial charge in [0.1, 0.15) is 17.6 Å². The van der Waals surface area contributed by atoms with E-state index in [1.807, 2.05) is 30.8 Å². The zero-order chi connectivity index (χ0) is 13.2. The van der Waals surface area contributed by atoms with Crippen LogP contribution in [0, 0.1) is 6.92 Å². The van der Waals surface area contributed by atoms with Crippen molar-refractivity contribution in [3.8, 4) is 0 Å². The molecule has 19 heavy (non-hydrogen) atoms. The van der Waals surface area contributed by atoms with Gasteiger partial charge in [-0.25, -0.2) is 0 Å². The molecule has 0 fully saturated rings. The number of nitrogens with zero attached hydrogens (tertiary/aromatic N) is 2. The van der Waals surface area contributed by atoms with Crippen molar-refractivity contribution in [3.05, 3.63) is 41.1 Å². The highest BCUT2D eigenvalue weighted by molar-refractivity contribution is 5.22. The van der Waals surface area contributed by atoms with Crippen LogP contribution < -0.4 is 5.32 Å². The lowest BCUT2D eigenvalue weighted by Crippen LogP contribution is -2.27. The maximum Gasteiger partial charge on any atom is 0.117 e. The molecule has 0 amide bonds. The van der Waals surface area contributed by atoms with Crippen molar-refractivity contribution in [2.24, 2.45) is 7.05 Å². The van der Waals surface area contributed by atoms with Gasteiger partial charge in [-0.3, -0.25) is 4.68 Å². The Bertz CT molecular complexity index is 559. The smallest absolute Gasteiger partial charge is 0.117 e. The Morgan fingerprint density at radius 1 is 1.47 bits per heavy atom. The molecular weight excluding hydrogens is 242 g/mol. The van der Waals surface area contributed by atoms with Crippen molar-refractivity contribution in [2.75, 3.05) is 13.2 Å². The summed E-state index contributed by atoms with van der Waals surface area (Å²) in [4.78, 5) is 0. The summed E-state index contributed by atoms with van der Waals surface area (Å²) in [6, 6.07) is 3.97. The van der Waals surface area contributed by atoms with Crippen LogP contribution in [0.15, 0.2) is 22.7 Å². The summed E-state index contributed by atoms with van der Waals surface area (Å²) < 4.78 is 13.2. The first-order chi connectivity index (χ1) is 9.22. The first kappa shape index (κ1) is 12.4. The van der Waals surface area contributed by atoms with Gasteiger partial charge in [-0.15, -0.1) is 0 Å². The topological polar surface area (TPSA) is 52.2 Å². The number of rotatable bonds is 4. The fourth-order valence-corrected chi connectivity index (χ4v) is 2.47. The van der Waals surface area contributed by atoms with Gasteiger partial charge in [-0.2, -0.15) is 5.10 Å². The summed E-state index contributed by atoms with van der Waals surface area (Å²) in [5.74, 6) is 1.90. The number of ether oxygens (including phenoxy) is 1. The second-order valence-corrected chi connectivity index (χ2v) is 4.97. The Balaban J connectivity index is 1.59. The molecule has 5 heteroatoms. The highest BCUT2D eigenvalue weighted by Crippen LogP contribution is 2.24. The minimum absolute atomic E-state index is 0.0426. The lowest BCUT2D eigenvalue weighted by atomic mass is 10.1. The third-order valence-corrected chi connectivity index (χ3v) is 3.36. The number of aromatic nitrogens is 2. The first-order valence-corrected chi connectivity index (χ1v) is 6.62. The second-order valence-electron chi connectivity index (χ2n) is 4.97. The van der Waals surface area contributed by atoms with E-state index in [4.69, 9.17) is 9.15 Å². The molecule has 1 aliphatic rings. The maximum absolute atomic E-state index is 5.79. The van der Waals surface area contributed by atoms with Gasteiger partial charge < -0.3 is 14.5 Å². The molecule has 1 aliphatic heterocycles. The third-order valence-electron chi connectivity index (χ3n) is 3.36. The van der Waals surface area contributed by atoms with Crippen LogP contribution in [-0.4, -0.2) is 22.9 Å². The van der Waals surface area contributed by atoms with Crippen LogP contribution in [0.25, 0.3) is 0 Å². The fourth-order valence-electron chi connectivity index (χ4n) is 2.47. The van der Waals surface area contributed by atoms with Crippen molar-refractivity contribution < 1.29 is 9.15 Å². The fraction of sp³-hybridized carbons (Fsp3) is 0.500. The molecule has 2 aromatic rings. The summed E-state index contributed by atoms with van der Waals surface area (Å²) in [5.41, 5.74) is 2.37. The molecule has 0 aliphatic carbocycles. The Morgan fingerprint density at radius 3 is 3.16 bits per heavy atom. The summed E-state index contributed by atoms with van der Waals surface area (Å²) >= 11 is 0. The van der Waals surface area contributed by atoms with E-state index in [0.29, 0.717) is 0 Å². The van der Waals surface area contributed by atoms with Crippen LogP contribution in [0.3, 0.4) is 0 Å². The van der Waals surface area contributed by atoms with E-state index in [9.17, 15) is 0 Å². The predicted molar refractivity (Wildman–Crippen MR) is 70.8 cm³/mol. The molecule has 1 unspecified atom stereocenters. The molecule has 102 valence electrons.